The summed E-state index contributed by atoms with van der Waals surface area (Å²) < 4.78 is 9.74. The van der Waals surface area contributed by atoms with Crippen molar-refractivity contribution in [1.82, 2.24) is 28.2 Å². The van der Waals surface area contributed by atoms with Crippen LogP contribution in [0.25, 0.3) is 155 Å². The molecule has 0 bridgehead atoms. The molecular formula is C133H135Ir2N6Na2O7-. The number of fused-ring (bicyclic) bond motifs is 12. The Bertz CT molecular complexity index is 7370. The molecule has 13 nitrogen and oxygen atoms in total. The average molecular weight is 2360 g/mol. The largest absolute Gasteiger partial charge is 1.00 e. The topological polar surface area (TPSA) is 171 Å². The summed E-state index contributed by atoms with van der Waals surface area (Å²) in [4.78, 5) is 48.7. The molecule has 0 unspecified atom stereocenters. The smallest absolute Gasteiger partial charge is 1.00 e. The van der Waals surface area contributed by atoms with Crippen LogP contribution in [0.4, 0.5) is 0 Å². The van der Waals surface area contributed by atoms with E-state index in [1.807, 2.05) is 48.8 Å². The maximum absolute atomic E-state index is 10.0. The van der Waals surface area contributed by atoms with Gasteiger partial charge in [-0.15, -0.1) is 70.8 Å². The van der Waals surface area contributed by atoms with E-state index in [2.05, 4.69) is 362 Å². The van der Waals surface area contributed by atoms with Crippen molar-refractivity contribution in [2.45, 2.75) is 215 Å². The molecule has 0 aliphatic heterocycles. The molecule has 0 aliphatic carbocycles. The van der Waals surface area contributed by atoms with Gasteiger partial charge in [-0.2, -0.15) is 0 Å². The van der Waals surface area contributed by atoms with Crippen LogP contribution in [-0.4, -0.2) is 62.0 Å². The van der Waals surface area contributed by atoms with Crippen molar-refractivity contribution < 1.29 is 135 Å². The molecule has 0 saturated carbocycles. The SMILES string of the molecule is CC(=O)CC(C)=O.CC(=[OH+])C=C(C)O.CCCCCCCCc1ccc2c(c1)c1ccccc1n2-c1ccc(-c2ccc(-n3c4ccccc4c4cc(CCCCCCc5cc[c-]c(-c6ccccn6)c5)ccc43)cc2)cc1.CCCCCCCCc1ccc2c(c1)c1ccccc1n2-c1ccc(-c2ccc(-n3c4ccccc4c4cc(CCCCCCc5cc[c-]c(-c6ccccn6)c5)ccc43)cc2)cc1.O=CO[O-].[H-].[Ir].[Ir].[Na+].[Na+]. The summed E-state index contributed by atoms with van der Waals surface area (Å²) in [6, 6.07) is 132. The van der Waals surface area contributed by atoms with Gasteiger partial charge < -0.3 is 44.9 Å². The van der Waals surface area contributed by atoms with Gasteiger partial charge in [-0.3, -0.25) is 19.2 Å². The molecule has 2 radical (unpaired) electrons. The quantitative estimate of drug-likeness (QED) is 0.00378. The molecule has 2 N–H and O–H groups in total. The number of pyridine rings is 2. The van der Waals surface area contributed by atoms with Crippen LogP contribution in [0.2, 0.25) is 0 Å². The van der Waals surface area contributed by atoms with Crippen molar-refractivity contribution in [1.29, 1.82) is 0 Å². The number of hydrogen-bond donors (Lipinski definition) is 1. The molecule has 0 fully saturated rings. The number of aliphatic hydroxyl groups excluding tert-OH is 1. The third-order valence-electron chi connectivity index (χ3n) is 27.7. The van der Waals surface area contributed by atoms with Crippen LogP contribution in [0.3, 0.4) is 0 Å². The number of benzene rings is 14. The molecule has 760 valence electrons. The van der Waals surface area contributed by atoms with Gasteiger partial charge in [0.15, 0.2) is 0 Å². The second kappa shape index (κ2) is 59.6. The molecule has 6 heterocycles. The number of aryl methyl sites for hydroxylation is 6. The molecule has 20 aromatic rings. The van der Waals surface area contributed by atoms with Gasteiger partial charge in [-0.1, -0.05) is 286 Å². The van der Waals surface area contributed by atoms with E-state index in [9.17, 15) is 9.59 Å². The number of nitrogens with zero attached hydrogens (tertiary/aromatic N) is 6. The Morgan fingerprint density at radius 2 is 0.567 bits per heavy atom. The van der Waals surface area contributed by atoms with Gasteiger partial charge in [0.05, 0.1) is 69.3 Å². The van der Waals surface area contributed by atoms with Crippen LogP contribution in [0, 0.1) is 12.1 Å². The summed E-state index contributed by atoms with van der Waals surface area (Å²) in [6.07, 6.45) is 37.4. The first-order valence-corrected chi connectivity index (χ1v) is 52.6. The number of Topliss-reactive ketones (excluding diaryl/α,β-unsaturated/α-hetero) is 2. The van der Waals surface area contributed by atoms with Gasteiger partial charge in [0.2, 0.25) is 0 Å². The molecule has 0 saturated heterocycles. The van der Waals surface area contributed by atoms with E-state index in [4.69, 9.17) is 20.0 Å². The zero-order valence-corrected chi connectivity index (χ0v) is 96.8. The average Bonchev–Trinajstić information content (AvgIpc) is 1.61. The van der Waals surface area contributed by atoms with Crippen LogP contribution in [0.15, 0.2) is 364 Å². The predicted octanol–water partition coefficient (Wildman–Crippen LogP) is 27.4. The third-order valence-corrected chi connectivity index (χ3v) is 27.7. The molecule has 150 heavy (non-hydrogen) atoms. The van der Waals surface area contributed by atoms with E-state index in [1.165, 1.54) is 328 Å². The predicted molar refractivity (Wildman–Crippen MR) is 607 cm³/mol. The Morgan fingerprint density at radius 3 is 0.787 bits per heavy atom. The van der Waals surface area contributed by atoms with Crippen LogP contribution in [0.5, 0.6) is 0 Å². The van der Waals surface area contributed by atoms with Gasteiger partial charge in [0, 0.05) is 118 Å². The Labute approximate surface area is 957 Å². The zero-order chi connectivity index (χ0) is 101. The Kier molecular flexibility index (Phi) is 46.3. The second-order valence-corrected chi connectivity index (χ2v) is 38.7. The molecule has 0 amide bonds. The molecule has 0 aliphatic rings. The Hall–Kier alpha value is -12.1. The van der Waals surface area contributed by atoms with E-state index in [0.29, 0.717) is 0 Å². The minimum Gasteiger partial charge on any atom is -1.00 e. The zero-order valence-electron chi connectivity index (χ0n) is 89.0. The maximum Gasteiger partial charge on any atom is 1.00 e. The third kappa shape index (κ3) is 30.9. The second-order valence-electron chi connectivity index (χ2n) is 38.7. The summed E-state index contributed by atoms with van der Waals surface area (Å²) in [7, 11) is 0. The Balaban J connectivity index is 0.000000239. The van der Waals surface area contributed by atoms with Crippen molar-refractivity contribution in [3.63, 3.8) is 0 Å². The van der Waals surface area contributed by atoms with Crippen molar-refractivity contribution in [2.24, 2.45) is 0 Å². The van der Waals surface area contributed by atoms with Crippen LogP contribution in [-0.2, 0) is 98.0 Å². The van der Waals surface area contributed by atoms with Gasteiger partial charge in [0.25, 0.3) is 6.47 Å². The van der Waals surface area contributed by atoms with E-state index in [-0.39, 0.29) is 137 Å². The number of aliphatic hydroxyl groups is 1. The molecule has 17 heteroatoms. The number of aromatic nitrogens is 6. The van der Waals surface area contributed by atoms with E-state index < -0.39 is 0 Å². The maximum atomic E-state index is 10.0. The van der Waals surface area contributed by atoms with E-state index >= 15 is 0 Å². The summed E-state index contributed by atoms with van der Waals surface area (Å²) in [6.45, 7) is 10.2. The van der Waals surface area contributed by atoms with Crippen LogP contribution >= 0.6 is 0 Å². The van der Waals surface area contributed by atoms with Crippen molar-refractivity contribution >= 4 is 111 Å². The van der Waals surface area contributed by atoms with E-state index in [1.54, 1.807) is 0 Å². The number of carbonyl (C=O) groups is 3. The van der Waals surface area contributed by atoms with Gasteiger partial charge in [-0.25, -0.2) is 0 Å². The van der Waals surface area contributed by atoms with Gasteiger partial charge in [0.1, 0.15) is 11.6 Å². The minimum atomic E-state index is -0.181. The van der Waals surface area contributed by atoms with Crippen LogP contribution in [0.1, 0.15) is 211 Å². The summed E-state index contributed by atoms with van der Waals surface area (Å²) in [5.74, 6) is 0.125. The van der Waals surface area contributed by atoms with Crippen molar-refractivity contribution in [3.8, 4) is 67.5 Å². The number of rotatable bonds is 40. The number of para-hydroxylation sites is 4. The van der Waals surface area contributed by atoms with Crippen molar-refractivity contribution in [3.05, 3.63) is 409 Å². The van der Waals surface area contributed by atoms with Crippen molar-refractivity contribution in [2.75, 3.05) is 0 Å². The molecule has 20 rings (SSSR count). The summed E-state index contributed by atoms with van der Waals surface area (Å²) >= 11 is 0. The molecule has 0 spiro atoms. The monoisotopic (exact) mass is 2360 g/mol. The van der Waals surface area contributed by atoms with E-state index in [0.717, 1.165) is 61.0 Å². The summed E-state index contributed by atoms with van der Waals surface area (Å²) in [5, 5.41) is 27.5. The number of ketones is 3. The van der Waals surface area contributed by atoms with Gasteiger partial charge >= 0.3 is 64.9 Å². The normalized spacial score (nSPS) is 11.0. The summed E-state index contributed by atoms with van der Waals surface area (Å²) in [5.41, 5.74) is 32.3. The number of allylic oxidation sites excluding steroid dienone is 2. The molecule has 14 aromatic carbocycles. The fourth-order valence-electron chi connectivity index (χ4n) is 20.6. The number of unbranched alkanes of at least 4 members (excludes halogenated alkanes) is 16. The minimum absolute atomic E-state index is 0. The molecule has 6 aromatic heterocycles. The fourth-order valence-corrected chi connectivity index (χ4v) is 20.6. The number of hydrogen-bond acceptors (Lipinski definition) is 8. The van der Waals surface area contributed by atoms with Crippen LogP contribution < -0.4 is 64.4 Å². The first-order valence-electron chi connectivity index (χ1n) is 52.6. The Morgan fingerprint density at radius 1 is 0.327 bits per heavy atom. The van der Waals surface area contributed by atoms with Gasteiger partial charge in [-0.05, 0) is 274 Å². The molecule has 0 atom stereocenters. The number of carbonyl (C=O) groups excluding carboxylic acids is 4. The standard InChI is InChI=1S/2C61H58N3.2C5H8O2.CH2O3.2Ir.2Na.H/c2*1-2-3-4-5-6-9-20-46-29-39-60-55(43-46)53-24-12-14-27-58(53)63(60)51-35-31-48(32-36-51)49-33-37-52(38-34-49)64-59-28-15-13-25-54(59)56-44-47(30-40-61(56)64)21-11-8-7-10-19-45-22-18-23-50(42-45)57-26-16-17-41-62-57;2*1-4(6)3-5(2)7;2-1-4-3;;;;;/h2*12-18,22,24-44H,2-11,19-21H2,1H3;3H2,1-2H3;3,6H,1-2H3;1,3H;;;;;/q2*-1;;;;;;2*+1;-1. The first-order chi connectivity index (χ1) is 71.6. The molecular weight excluding hydrogens is 2220 g/mol. The first kappa shape index (κ1) is 117. The fraction of sp³-hybridized carbons (Fsp3) is 0.248.